The molecule has 1 aliphatic rings. The molecule has 0 aliphatic carbocycles. The number of amides is 1. The van der Waals surface area contributed by atoms with Gasteiger partial charge in [0.15, 0.2) is 0 Å². The minimum absolute atomic E-state index is 0.00737. The van der Waals surface area contributed by atoms with Gasteiger partial charge in [-0.1, -0.05) is 110 Å². The zero-order valence-electron chi connectivity index (χ0n) is 24.4. The van der Waals surface area contributed by atoms with Crippen molar-refractivity contribution in [3.8, 4) is 0 Å². The van der Waals surface area contributed by atoms with Gasteiger partial charge in [0.2, 0.25) is 0 Å². The lowest BCUT2D eigenvalue weighted by atomic mass is 9.73. The number of piperidine rings is 1. The maximum atomic E-state index is 13.7. The Morgan fingerprint density at radius 3 is 2.00 bits per heavy atom. The number of hydrogen-bond acceptors (Lipinski definition) is 3. The molecule has 2 heterocycles. The quantitative estimate of drug-likeness (QED) is 0.197. The lowest BCUT2D eigenvalue weighted by molar-refractivity contribution is -0.0556. The highest BCUT2D eigenvalue weighted by Crippen LogP contribution is 2.46. The Morgan fingerprint density at radius 2 is 1.42 bits per heavy atom. The molecule has 4 unspecified atom stereocenters. The molecule has 0 bridgehead atoms. The molecule has 5 aromatic rings. The first kappa shape index (κ1) is 28.5. The molecule has 2 N–H and O–H groups in total. The summed E-state index contributed by atoms with van der Waals surface area (Å²) in [6.45, 7) is 3.64. The van der Waals surface area contributed by atoms with Crippen molar-refractivity contribution in [1.82, 2.24) is 19.4 Å². The number of rotatable bonds is 9. The second-order valence-corrected chi connectivity index (χ2v) is 11.4. The molecule has 1 aliphatic heterocycles. The predicted molar refractivity (Wildman–Crippen MR) is 170 cm³/mol. The number of benzene rings is 4. The van der Waals surface area contributed by atoms with Crippen molar-refractivity contribution in [3.05, 3.63) is 142 Å². The van der Waals surface area contributed by atoms with Gasteiger partial charge in [0.05, 0.1) is 17.2 Å². The smallest absolute Gasteiger partial charge is 0.408 e. The maximum Gasteiger partial charge on any atom is 0.408 e. The summed E-state index contributed by atoms with van der Waals surface area (Å²) in [6, 6.07) is 38.4. The number of para-hydroxylation sites is 2. The molecular formula is C36H38N4O3. The van der Waals surface area contributed by atoms with E-state index in [2.05, 4.69) is 53.2 Å². The first-order chi connectivity index (χ1) is 21.0. The molecule has 1 saturated heterocycles. The topological polar surface area (TPSA) is 81.6 Å². The number of aromatic amines is 1. The van der Waals surface area contributed by atoms with Crippen molar-refractivity contribution >= 4 is 17.1 Å². The Hall–Kier alpha value is -4.62. The minimum Gasteiger partial charge on any atom is -0.465 e. The van der Waals surface area contributed by atoms with E-state index in [0.29, 0.717) is 26.1 Å². The SMILES string of the molecule is CCC(c1ccccc1)C1C(N(Cc2ccccc2)Cc2ccccc2)N(C(=O)O)CCC1n1c(=O)[nH]c2ccccc21. The van der Waals surface area contributed by atoms with Gasteiger partial charge in [0.25, 0.3) is 0 Å². The highest BCUT2D eigenvalue weighted by Gasteiger charge is 2.48. The van der Waals surface area contributed by atoms with Crippen LogP contribution in [-0.2, 0) is 13.1 Å². The molecule has 0 saturated carbocycles. The number of carboxylic acid groups (broad SMARTS) is 1. The van der Waals surface area contributed by atoms with Crippen LogP contribution in [0.15, 0.2) is 120 Å². The Labute approximate surface area is 252 Å². The van der Waals surface area contributed by atoms with Crippen molar-refractivity contribution in [3.63, 3.8) is 0 Å². The van der Waals surface area contributed by atoms with Crippen LogP contribution in [-0.4, -0.2) is 43.3 Å². The summed E-state index contributed by atoms with van der Waals surface area (Å²) in [4.78, 5) is 33.7. The Bertz CT molecular complexity index is 1660. The number of H-pyrrole nitrogens is 1. The number of aromatic nitrogens is 2. The van der Waals surface area contributed by atoms with E-state index < -0.39 is 12.3 Å². The Balaban J connectivity index is 1.56. The molecule has 1 amide bonds. The average Bonchev–Trinajstić information content (AvgIpc) is 3.37. The van der Waals surface area contributed by atoms with E-state index in [1.165, 1.54) is 0 Å². The Kier molecular flexibility index (Phi) is 8.43. The van der Waals surface area contributed by atoms with Gasteiger partial charge in [0, 0.05) is 31.6 Å². The number of hydrogen-bond donors (Lipinski definition) is 2. The third-order valence-corrected chi connectivity index (χ3v) is 8.94. The number of imidazole rings is 1. The summed E-state index contributed by atoms with van der Waals surface area (Å²) in [5.41, 5.74) is 4.87. The van der Waals surface area contributed by atoms with E-state index in [1.807, 2.05) is 83.4 Å². The van der Waals surface area contributed by atoms with Crippen molar-refractivity contribution in [2.24, 2.45) is 5.92 Å². The minimum atomic E-state index is -0.936. The second kappa shape index (κ2) is 12.7. The molecule has 1 fully saturated rings. The zero-order valence-corrected chi connectivity index (χ0v) is 24.4. The predicted octanol–water partition coefficient (Wildman–Crippen LogP) is 7.09. The van der Waals surface area contributed by atoms with Crippen molar-refractivity contribution in [1.29, 1.82) is 0 Å². The molecular weight excluding hydrogens is 536 g/mol. The maximum absolute atomic E-state index is 13.7. The highest BCUT2D eigenvalue weighted by molar-refractivity contribution is 5.75. The summed E-state index contributed by atoms with van der Waals surface area (Å²) >= 11 is 0. The molecule has 6 rings (SSSR count). The van der Waals surface area contributed by atoms with E-state index in [9.17, 15) is 14.7 Å². The molecule has 43 heavy (non-hydrogen) atoms. The second-order valence-electron chi connectivity index (χ2n) is 11.4. The summed E-state index contributed by atoms with van der Waals surface area (Å²) < 4.78 is 1.90. The number of fused-ring (bicyclic) bond motifs is 1. The van der Waals surface area contributed by atoms with Crippen LogP contribution in [0.4, 0.5) is 4.79 Å². The van der Waals surface area contributed by atoms with Crippen LogP contribution in [0.25, 0.3) is 11.0 Å². The number of nitrogens with one attached hydrogen (secondary N) is 1. The van der Waals surface area contributed by atoms with E-state index in [0.717, 1.165) is 34.1 Å². The molecule has 0 spiro atoms. The van der Waals surface area contributed by atoms with E-state index in [4.69, 9.17) is 0 Å². The van der Waals surface area contributed by atoms with Gasteiger partial charge in [-0.25, -0.2) is 9.59 Å². The van der Waals surface area contributed by atoms with Gasteiger partial charge in [-0.3, -0.25) is 14.4 Å². The van der Waals surface area contributed by atoms with E-state index in [1.54, 1.807) is 4.90 Å². The van der Waals surface area contributed by atoms with Gasteiger partial charge in [-0.15, -0.1) is 0 Å². The number of likely N-dealkylation sites (tertiary alicyclic amines) is 1. The summed E-state index contributed by atoms with van der Waals surface area (Å²) in [5, 5.41) is 10.7. The highest BCUT2D eigenvalue weighted by atomic mass is 16.4. The van der Waals surface area contributed by atoms with Crippen LogP contribution in [0.5, 0.6) is 0 Å². The third kappa shape index (κ3) is 5.86. The van der Waals surface area contributed by atoms with Gasteiger partial charge >= 0.3 is 11.8 Å². The van der Waals surface area contributed by atoms with E-state index >= 15 is 0 Å². The van der Waals surface area contributed by atoms with Gasteiger partial charge < -0.3 is 10.1 Å². The molecule has 4 atom stereocenters. The summed E-state index contributed by atoms with van der Waals surface area (Å²) in [7, 11) is 0. The molecule has 220 valence electrons. The first-order valence-corrected chi connectivity index (χ1v) is 15.1. The fraction of sp³-hybridized carbons (Fsp3) is 0.278. The first-order valence-electron chi connectivity index (χ1n) is 15.1. The lowest BCUT2D eigenvalue weighted by Gasteiger charge is -2.52. The number of carbonyl (C=O) groups is 1. The lowest BCUT2D eigenvalue weighted by Crippen LogP contribution is -2.61. The van der Waals surface area contributed by atoms with Crippen molar-refractivity contribution < 1.29 is 9.90 Å². The summed E-state index contributed by atoms with van der Waals surface area (Å²) in [6.07, 6.45) is -0.0732. The van der Waals surface area contributed by atoms with Crippen molar-refractivity contribution in [2.75, 3.05) is 6.54 Å². The van der Waals surface area contributed by atoms with Gasteiger partial charge in [-0.05, 0) is 47.6 Å². The number of nitrogens with zero attached hydrogens (tertiary/aromatic N) is 3. The fourth-order valence-electron chi connectivity index (χ4n) is 7.14. The van der Waals surface area contributed by atoms with Crippen LogP contribution >= 0.6 is 0 Å². The third-order valence-electron chi connectivity index (χ3n) is 8.94. The molecule has 7 heteroatoms. The molecule has 4 aromatic carbocycles. The van der Waals surface area contributed by atoms with E-state index in [-0.39, 0.29) is 23.6 Å². The molecule has 1 aromatic heterocycles. The van der Waals surface area contributed by atoms with Crippen LogP contribution in [0.3, 0.4) is 0 Å². The van der Waals surface area contributed by atoms with Crippen LogP contribution in [0.1, 0.15) is 48.4 Å². The molecule has 7 nitrogen and oxygen atoms in total. The fourth-order valence-corrected chi connectivity index (χ4v) is 7.14. The van der Waals surface area contributed by atoms with Crippen LogP contribution < -0.4 is 5.69 Å². The standard InChI is InChI=1S/C36H38N4O3/c1-2-29(28-18-10-5-11-19-28)33-32(40-31-21-13-12-20-30(31)37-35(40)41)22-23-39(36(42)43)34(33)38(24-26-14-6-3-7-15-26)25-27-16-8-4-9-17-27/h3-21,29,32-34H,2,22-25H2,1H3,(H,37,41)(H,42,43). The normalized spacial score (nSPS) is 19.5. The van der Waals surface area contributed by atoms with Gasteiger partial charge in [0.1, 0.15) is 0 Å². The summed E-state index contributed by atoms with van der Waals surface area (Å²) in [5.74, 6) is -0.200. The largest absolute Gasteiger partial charge is 0.465 e. The zero-order chi connectivity index (χ0) is 29.8. The molecule has 0 radical (unpaired) electrons. The Morgan fingerprint density at radius 1 is 0.860 bits per heavy atom. The average molecular weight is 575 g/mol. The van der Waals surface area contributed by atoms with Gasteiger partial charge in [-0.2, -0.15) is 0 Å². The monoisotopic (exact) mass is 574 g/mol. The van der Waals surface area contributed by atoms with Crippen LogP contribution in [0.2, 0.25) is 0 Å². The van der Waals surface area contributed by atoms with Crippen molar-refractivity contribution in [2.45, 2.75) is 51.0 Å². The van der Waals surface area contributed by atoms with Crippen LogP contribution in [0, 0.1) is 5.92 Å².